The Bertz CT molecular complexity index is 307. The number of anilines is 1. The first-order valence-corrected chi connectivity index (χ1v) is 3.33. The van der Waals surface area contributed by atoms with Crippen LogP contribution >= 0.6 is 11.6 Å². The lowest BCUT2D eigenvalue weighted by Gasteiger charge is -1.95. The van der Waals surface area contributed by atoms with Gasteiger partial charge in [-0.3, -0.25) is 4.79 Å². The number of aromatic nitrogens is 2. The highest BCUT2D eigenvalue weighted by Crippen LogP contribution is 1.97. The monoisotopic (exact) mass is 171 g/mol. The summed E-state index contributed by atoms with van der Waals surface area (Å²) in [5.41, 5.74) is 1.66. The van der Waals surface area contributed by atoms with Gasteiger partial charge in [-0.2, -0.15) is 5.10 Å². The molecule has 2 N–H and O–H groups in total. The maximum absolute atomic E-state index is 10.6. The van der Waals surface area contributed by atoms with Crippen molar-refractivity contribution in [3.8, 4) is 0 Å². The molecule has 0 amide bonds. The smallest absolute Gasteiger partial charge is 0.266 e. The Balaban J connectivity index is 2.79. The van der Waals surface area contributed by atoms with Crippen LogP contribution in [0, 0.1) is 0 Å². The van der Waals surface area contributed by atoms with E-state index in [0.717, 1.165) is 0 Å². The Morgan fingerprint density at radius 2 is 2.55 bits per heavy atom. The molecule has 0 fully saturated rings. The summed E-state index contributed by atoms with van der Waals surface area (Å²) in [5.74, 6) is 0. The van der Waals surface area contributed by atoms with Crippen LogP contribution in [-0.2, 0) is 0 Å². The van der Waals surface area contributed by atoms with Crippen molar-refractivity contribution in [1.29, 1.82) is 0 Å². The maximum atomic E-state index is 10.6. The molecule has 11 heavy (non-hydrogen) atoms. The number of aromatic amines is 1. The molecule has 5 heteroatoms. The molecule has 0 bridgehead atoms. The Kier molecular flexibility index (Phi) is 2.68. The normalized spacial score (nSPS) is 10.3. The number of nitrogens with one attached hydrogen (secondary N) is 2. The second-order valence-electron chi connectivity index (χ2n) is 1.77. The summed E-state index contributed by atoms with van der Waals surface area (Å²) in [6, 6.07) is 1.38. The van der Waals surface area contributed by atoms with E-state index in [2.05, 4.69) is 15.5 Å². The van der Waals surface area contributed by atoms with Crippen molar-refractivity contribution in [1.82, 2.24) is 10.2 Å². The third-order valence-electron chi connectivity index (χ3n) is 0.978. The van der Waals surface area contributed by atoms with Gasteiger partial charge >= 0.3 is 0 Å². The molecule has 4 nitrogen and oxygen atoms in total. The summed E-state index contributed by atoms with van der Waals surface area (Å²) in [7, 11) is 0. The van der Waals surface area contributed by atoms with Crippen molar-refractivity contribution in [2.75, 3.05) is 5.32 Å². The highest BCUT2D eigenvalue weighted by Gasteiger charge is 1.87. The third kappa shape index (κ3) is 2.43. The van der Waals surface area contributed by atoms with Crippen LogP contribution in [0.25, 0.3) is 0 Å². The molecule has 0 radical (unpaired) electrons. The first-order valence-electron chi connectivity index (χ1n) is 2.89. The molecule has 0 spiro atoms. The summed E-state index contributed by atoms with van der Waals surface area (Å²) in [4.78, 5) is 10.6. The molecule has 0 aliphatic carbocycles. The zero-order chi connectivity index (χ0) is 8.10. The quantitative estimate of drug-likeness (QED) is 0.695. The van der Waals surface area contributed by atoms with E-state index in [1.807, 2.05) is 0 Å². The number of rotatable bonds is 2. The summed E-state index contributed by atoms with van der Waals surface area (Å²) in [5, 5.41) is 8.55. The lowest BCUT2D eigenvalue weighted by molar-refractivity contribution is 0.990. The van der Waals surface area contributed by atoms with Crippen molar-refractivity contribution < 1.29 is 0 Å². The molecule has 0 aromatic carbocycles. The average molecular weight is 172 g/mol. The van der Waals surface area contributed by atoms with Crippen LogP contribution in [0.3, 0.4) is 0 Å². The van der Waals surface area contributed by atoms with Crippen molar-refractivity contribution in [3.05, 3.63) is 34.4 Å². The molecule has 0 unspecified atom stereocenters. The molecule has 0 saturated heterocycles. The largest absolute Gasteiger partial charge is 0.359 e. The van der Waals surface area contributed by atoms with Gasteiger partial charge in [0, 0.05) is 17.8 Å². The van der Waals surface area contributed by atoms with Gasteiger partial charge in [0.1, 0.15) is 0 Å². The molecule has 1 rings (SSSR count). The van der Waals surface area contributed by atoms with Gasteiger partial charge in [0.05, 0.1) is 11.9 Å². The Morgan fingerprint density at radius 1 is 1.73 bits per heavy atom. The number of H-pyrrole nitrogens is 1. The second-order valence-corrected chi connectivity index (χ2v) is 2.02. The minimum Gasteiger partial charge on any atom is -0.359 e. The fourth-order valence-electron chi connectivity index (χ4n) is 0.583. The van der Waals surface area contributed by atoms with Gasteiger partial charge in [-0.25, -0.2) is 5.10 Å². The van der Waals surface area contributed by atoms with Crippen LogP contribution in [0.1, 0.15) is 0 Å². The fourth-order valence-corrected chi connectivity index (χ4v) is 0.646. The van der Waals surface area contributed by atoms with Crippen LogP contribution in [-0.4, -0.2) is 10.2 Å². The predicted molar refractivity (Wildman–Crippen MR) is 43.5 cm³/mol. The van der Waals surface area contributed by atoms with Crippen molar-refractivity contribution in [3.63, 3.8) is 0 Å². The topological polar surface area (TPSA) is 57.8 Å². The van der Waals surface area contributed by atoms with E-state index in [1.54, 1.807) is 0 Å². The van der Waals surface area contributed by atoms with Crippen molar-refractivity contribution in [2.24, 2.45) is 0 Å². The van der Waals surface area contributed by atoms with Crippen molar-refractivity contribution in [2.45, 2.75) is 0 Å². The predicted octanol–water partition coefficient (Wildman–Crippen LogP) is 0.892. The van der Waals surface area contributed by atoms with E-state index in [1.165, 1.54) is 24.0 Å². The molecule has 0 aliphatic rings. The molecule has 1 heterocycles. The number of halogens is 1. The van der Waals surface area contributed by atoms with Gasteiger partial charge in [0.2, 0.25) is 0 Å². The van der Waals surface area contributed by atoms with Gasteiger partial charge in [-0.15, -0.1) is 0 Å². The second kappa shape index (κ2) is 3.78. The van der Waals surface area contributed by atoms with Crippen LogP contribution in [0.5, 0.6) is 0 Å². The van der Waals surface area contributed by atoms with Crippen LogP contribution in [0.2, 0.25) is 0 Å². The van der Waals surface area contributed by atoms with Gasteiger partial charge in [0.25, 0.3) is 5.56 Å². The summed E-state index contributed by atoms with van der Waals surface area (Å²) in [6.07, 6.45) is 2.98. The first-order chi connectivity index (χ1) is 5.33. The minimum absolute atomic E-state index is 0.252. The number of hydrogen-bond donors (Lipinski definition) is 2. The summed E-state index contributed by atoms with van der Waals surface area (Å²) < 4.78 is 0. The standard InChI is InChI=1S/C6H6ClN3O/c7-1-2-8-5-3-6(11)10-9-4-5/h1-4H,(H2,8,10,11). The third-order valence-corrected chi connectivity index (χ3v) is 1.10. The number of hydrogen-bond acceptors (Lipinski definition) is 3. The molecule has 58 valence electrons. The average Bonchev–Trinajstić information content (AvgIpc) is 2.01. The van der Waals surface area contributed by atoms with E-state index in [0.29, 0.717) is 5.69 Å². The molecule has 1 aromatic rings. The van der Waals surface area contributed by atoms with Crippen LogP contribution in [0.4, 0.5) is 5.69 Å². The minimum atomic E-state index is -0.252. The fraction of sp³-hybridized carbons (Fsp3) is 0. The molecule has 0 aliphatic heterocycles. The Hall–Kier alpha value is -1.29. The zero-order valence-electron chi connectivity index (χ0n) is 5.54. The van der Waals surface area contributed by atoms with E-state index < -0.39 is 0 Å². The van der Waals surface area contributed by atoms with Crippen molar-refractivity contribution >= 4 is 17.3 Å². The van der Waals surface area contributed by atoms with Crippen LogP contribution < -0.4 is 10.9 Å². The van der Waals surface area contributed by atoms with Gasteiger partial charge in [0.15, 0.2) is 0 Å². The number of nitrogens with zero attached hydrogens (tertiary/aromatic N) is 1. The Labute approximate surface area is 67.9 Å². The lowest BCUT2D eigenvalue weighted by atomic mass is 10.5. The van der Waals surface area contributed by atoms with Gasteiger partial charge < -0.3 is 5.32 Å². The van der Waals surface area contributed by atoms with E-state index in [9.17, 15) is 4.79 Å². The van der Waals surface area contributed by atoms with Gasteiger partial charge in [-0.1, -0.05) is 11.6 Å². The summed E-state index contributed by atoms with van der Waals surface area (Å²) in [6.45, 7) is 0. The highest BCUT2D eigenvalue weighted by molar-refractivity contribution is 6.25. The first kappa shape index (κ1) is 7.81. The van der Waals surface area contributed by atoms with E-state index >= 15 is 0 Å². The van der Waals surface area contributed by atoms with E-state index in [-0.39, 0.29) is 5.56 Å². The zero-order valence-corrected chi connectivity index (χ0v) is 6.30. The molecular formula is C6H6ClN3O. The lowest BCUT2D eigenvalue weighted by Crippen LogP contribution is -2.06. The highest BCUT2D eigenvalue weighted by atomic mass is 35.5. The van der Waals surface area contributed by atoms with Crippen LogP contribution in [0.15, 0.2) is 28.8 Å². The van der Waals surface area contributed by atoms with Gasteiger partial charge in [-0.05, 0) is 0 Å². The maximum Gasteiger partial charge on any atom is 0.266 e. The van der Waals surface area contributed by atoms with E-state index in [4.69, 9.17) is 11.6 Å². The molecule has 0 atom stereocenters. The molecule has 1 aromatic heterocycles. The molecule has 0 saturated carbocycles. The Morgan fingerprint density at radius 3 is 3.18 bits per heavy atom. The molecular weight excluding hydrogens is 166 g/mol. The SMILES string of the molecule is O=c1cc(NC=CCl)cn[nH]1. The summed E-state index contributed by atoms with van der Waals surface area (Å²) >= 11 is 5.24.